The molecule has 5 nitrogen and oxygen atoms in total. The number of hydrogen-bond donors (Lipinski definition) is 0. The van der Waals surface area contributed by atoms with Crippen LogP contribution in [-0.2, 0) is 10.0 Å². The molecular weight excluding hydrogens is 226 g/mol. The van der Waals surface area contributed by atoms with E-state index in [0.29, 0.717) is 6.54 Å². The van der Waals surface area contributed by atoms with Crippen LogP contribution in [0.25, 0.3) is 0 Å². The summed E-state index contributed by atoms with van der Waals surface area (Å²) in [4.78, 5) is 8.00. The lowest BCUT2D eigenvalue weighted by Gasteiger charge is -2.33. The van der Waals surface area contributed by atoms with Crippen molar-refractivity contribution in [1.29, 1.82) is 0 Å². The van der Waals surface area contributed by atoms with E-state index in [0.717, 1.165) is 25.0 Å². The molecule has 1 unspecified atom stereocenters. The standard InChI is InChI=1S/C10H15N3O2S/c1-16(14,15)13-7-3-2-4-10(13)9-5-6-11-8-12-9/h5-6,8,10H,2-4,7H2,1H3. The molecule has 1 atom stereocenters. The van der Waals surface area contributed by atoms with E-state index in [4.69, 9.17) is 0 Å². The minimum atomic E-state index is -3.15. The van der Waals surface area contributed by atoms with Gasteiger partial charge in [0.1, 0.15) is 6.33 Å². The van der Waals surface area contributed by atoms with Gasteiger partial charge < -0.3 is 0 Å². The van der Waals surface area contributed by atoms with Gasteiger partial charge in [-0.25, -0.2) is 18.4 Å². The first-order chi connectivity index (χ1) is 7.59. The number of hydrogen-bond acceptors (Lipinski definition) is 4. The third kappa shape index (κ3) is 2.38. The van der Waals surface area contributed by atoms with E-state index in [1.54, 1.807) is 16.6 Å². The van der Waals surface area contributed by atoms with Gasteiger partial charge in [-0.15, -0.1) is 0 Å². The van der Waals surface area contributed by atoms with Crippen molar-refractivity contribution in [3.05, 3.63) is 24.3 Å². The summed E-state index contributed by atoms with van der Waals surface area (Å²) in [6.45, 7) is 0.591. The largest absolute Gasteiger partial charge is 0.245 e. The van der Waals surface area contributed by atoms with Gasteiger partial charge in [-0.1, -0.05) is 6.42 Å². The summed E-state index contributed by atoms with van der Waals surface area (Å²) in [6.07, 6.45) is 7.17. The van der Waals surface area contributed by atoms with Gasteiger partial charge in [0.15, 0.2) is 0 Å². The van der Waals surface area contributed by atoms with Crippen LogP contribution in [0.1, 0.15) is 31.0 Å². The maximum absolute atomic E-state index is 11.7. The fourth-order valence-corrected chi connectivity index (χ4v) is 3.23. The molecule has 0 N–H and O–H groups in total. The van der Waals surface area contributed by atoms with E-state index < -0.39 is 10.0 Å². The van der Waals surface area contributed by atoms with E-state index in [1.807, 2.05) is 0 Å². The Balaban J connectivity index is 2.31. The van der Waals surface area contributed by atoms with Crippen LogP contribution >= 0.6 is 0 Å². The van der Waals surface area contributed by atoms with Gasteiger partial charge >= 0.3 is 0 Å². The van der Waals surface area contributed by atoms with Crippen molar-refractivity contribution in [3.63, 3.8) is 0 Å². The average molecular weight is 241 g/mol. The maximum atomic E-state index is 11.7. The second kappa shape index (κ2) is 4.47. The van der Waals surface area contributed by atoms with Crippen molar-refractivity contribution >= 4 is 10.0 Å². The lowest BCUT2D eigenvalue weighted by Crippen LogP contribution is -2.38. The van der Waals surface area contributed by atoms with Crippen molar-refractivity contribution in [2.75, 3.05) is 12.8 Å². The van der Waals surface area contributed by atoms with Crippen molar-refractivity contribution in [2.45, 2.75) is 25.3 Å². The Bertz CT molecular complexity index is 446. The molecule has 1 aromatic heterocycles. The quantitative estimate of drug-likeness (QED) is 0.773. The molecule has 0 amide bonds. The Labute approximate surface area is 95.6 Å². The molecule has 88 valence electrons. The Morgan fingerprint density at radius 2 is 2.25 bits per heavy atom. The Hall–Kier alpha value is -1.01. The first-order valence-electron chi connectivity index (χ1n) is 5.32. The number of nitrogens with zero attached hydrogens (tertiary/aromatic N) is 3. The molecule has 0 saturated carbocycles. The van der Waals surface area contributed by atoms with Crippen LogP contribution in [0, 0.1) is 0 Å². The SMILES string of the molecule is CS(=O)(=O)N1CCCCC1c1ccncn1. The molecule has 0 aromatic carbocycles. The summed E-state index contributed by atoms with van der Waals surface area (Å²) >= 11 is 0. The molecule has 0 aliphatic carbocycles. The molecule has 1 fully saturated rings. The van der Waals surface area contributed by atoms with Crippen LogP contribution in [-0.4, -0.2) is 35.5 Å². The van der Waals surface area contributed by atoms with Gasteiger partial charge in [-0.05, 0) is 18.9 Å². The van der Waals surface area contributed by atoms with Gasteiger partial charge in [-0.2, -0.15) is 4.31 Å². The zero-order valence-electron chi connectivity index (χ0n) is 9.20. The molecule has 1 aliphatic rings. The Kier molecular flexibility index (Phi) is 3.20. The second-order valence-corrected chi connectivity index (χ2v) is 5.95. The van der Waals surface area contributed by atoms with Crippen LogP contribution in [0.4, 0.5) is 0 Å². The zero-order chi connectivity index (χ0) is 11.6. The first kappa shape index (κ1) is 11.5. The lowest BCUT2D eigenvalue weighted by atomic mass is 10.0. The maximum Gasteiger partial charge on any atom is 0.211 e. The average Bonchev–Trinajstić information content (AvgIpc) is 2.29. The van der Waals surface area contributed by atoms with Gasteiger partial charge in [0.2, 0.25) is 10.0 Å². The van der Waals surface area contributed by atoms with Crippen LogP contribution < -0.4 is 0 Å². The van der Waals surface area contributed by atoms with E-state index in [2.05, 4.69) is 9.97 Å². The number of piperidine rings is 1. The molecule has 0 bridgehead atoms. The van der Waals surface area contributed by atoms with E-state index in [9.17, 15) is 8.42 Å². The number of sulfonamides is 1. The van der Waals surface area contributed by atoms with E-state index >= 15 is 0 Å². The van der Waals surface area contributed by atoms with E-state index in [1.165, 1.54) is 12.6 Å². The Morgan fingerprint density at radius 1 is 1.44 bits per heavy atom. The monoisotopic (exact) mass is 241 g/mol. The van der Waals surface area contributed by atoms with Gasteiger partial charge in [-0.3, -0.25) is 0 Å². The summed E-state index contributed by atoms with van der Waals surface area (Å²) in [5, 5.41) is 0. The first-order valence-corrected chi connectivity index (χ1v) is 7.16. The molecule has 0 spiro atoms. The van der Waals surface area contributed by atoms with Crippen LogP contribution in [0.3, 0.4) is 0 Å². The van der Waals surface area contributed by atoms with E-state index in [-0.39, 0.29) is 6.04 Å². The summed E-state index contributed by atoms with van der Waals surface area (Å²) < 4.78 is 24.8. The number of aromatic nitrogens is 2. The van der Waals surface area contributed by atoms with Gasteiger partial charge in [0, 0.05) is 12.7 Å². The van der Waals surface area contributed by atoms with Gasteiger partial charge in [0.25, 0.3) is 0 Å². The molecule has 1 saturated heterocycles. The summed E-state index contributed by atoms with van der Waals surface area (Å²) in [6, 6.07) is 1.67. The highest BCUT2D eigenvalue weighted by atomic mass is 32.2. The molecule has 0 radical (unpaired) electrons. The third-order valence-corrected chi connectivity index (χ3v) is 4.11. The van der Waals surface area contributed by atoms with Crippen molar-refractivity contribution in [2.24, 2.45) is 0 Å². The van der Waals surface area contributed by atoms with Gasteiger partial charge in [0.05, 0.1) is 18.0 Å². The summed E-state index contributed by atoms with van der Waals surface area (Å²) in [5.41, 5.74) is 0.792. The molecule has 2 rings (SSSR count). The minimum Gasteiger partial charge on any atom is -0.245 e. The fraction of sp³-hybridized carbons (Fsp3) is 0.600. The molecule has 2 heterocycles. The fourth-order valence-electron chi connectivity index (χ4n) is 2.10. The summed E-state index contributed by atoms with van der Waals surface area (Å²) in [7, 11) is -3.15. The van der Waals surface area contributed by atoms with Crippen LogP contribution in [0.15, 0.2) is 18.6 Å². The predicted octanol–water partition coefficient (Wildman–Crippen LogP) is 0.963. The van der Waals surface area contributed by atoms with Crippen molar-refractivity contribution in [1.82, 2.24) is 14.3 Å². The highest BCUT2D eigenvalue weighted by Crippen LogP contribution is 2.31. The zero-order valence-corrected chi connectivity index (χ0v) is 10.0. The molecule has 16 heavy (non-hydrogen) atoms. The molecule has 1 aromatic rings. The highest BCUT2D eigenvalue weighted by Gasteiger charge is 2.31. The Morgan fingerprint density at radius 3 is 2.88 bits per heavy atom. The normalized spacial score (nSPS) is 23.2. The summed E-state index contributed by atoms with van der Waals surface area (Å²) in [5.74, 6) is 0. The second-order valence-electron chi connectivity index (χ2n) is 4.02. The number of rotatable bonds is 2. The molecular formula is C10H15N3O2S. The lowest BCUT2D eigenvalue weighted by molar-refractivity contribution is 0.253. The highest BCUT2D eigenvalue weighted by molar-refractivity contribution is 7.88. The third-order valence-electron chi connectivity index (χ3n) is 2.83. The minimum absolute atomic E-state index is 0.119. The predicted molar refractivity (Wildman–Crippen MR) is 60.2 cm³/mol. The molecule has 1 aliphatic heterocycles. The smallest absolute Gasteiger partial charge is 0.211 e. The van der Waals surface area contributed by atoms with Crippen LogP contribution in [0.2, 0.25) is 0 Å². The van der Waals surface area contributed by atoms with Crippen molar-refractivity contribution in [3.8, 4) is 0 Å². The van der Waals surface area contributed by atoms with Crippen molar-refractivity contribution < 1.29 is 8.42 Å². The van der Waals surface area contributed by atoms with Crippen LogP contribution in [0.5, 0.6) is 0 Å². The molecule has 6 heteroatoms. The topological polar surface area (TPSA) is 63.2 Å².